The summed E-state index contributed by atoms with van der Waals surface area (Å²) in [6, 6.07) is 21.9. The number of methoxy groups -OCH3 is 1. The third kappa shape index (κ3) is 4.70. The maximum atomic E-state index is 13.8. The van der Waals surface area contributed by atoms with Gasteiger partial charge in [0.25, 0.3) is 5.91 Å². The molecule has 0 radical (unpaired) electrons. The molecule has 3 aromatic carbocycles. The Balaban J connectivity index is 1.23. The largest absolute Gasteiger partial charge is 0.497 e. The van der Waals surface area contributed by atoms with Crippen LogP contribution in [-0.4, -0.2) is 60.8 Å². The monoisotopic (exact) mass is 495 g/mol. The number of aryl methyl sites for hydroxylation is 1. The number of carbonyl (C=O) groups is 1. The Bertz CT molecular complexity index is 1480. The SMILES string of the molecule is COc1cccc(-c2cc(C(=O)N3CCN(Cc4ccc5c(c4)OCO5)CC3)c3cc(C)ccc3n2)c1. The van der Waals surface area contributed by atoms with Gasteiger partial charge in [0.05, 0.1) is 23.9 Å². The number of amides is 1. The fraction of sp³-hybridized carbons (Fsp3) is 0.267. The summed E-state index contributed by atoms with van der Waals surface area (Å²) in [6.07, 6.45) is 0. The molecule has 1 saturated heterocycles. The van der Waals surface area contributed by atoms with Crippen LogP contribution in [0.1, 0.15) is 21.5 Å². The number of hydrogen-bond donors (Lipinski definition) is 0. The molecule has 0 aliphatic carbocycles. The normalized spacial score (nSPS) is 15.2. The number of nitrogens with zero attached hydrogens (tertiary/aromatic N) is 3. The maximum absolute atomic E-state index is 13.8. The Morgan fingerprint density at radius 1 is 0.946 bits per heavy atom. The molecule has 0 spiro atoms. The molecular formula is C30H29N3O4. The van der Waals surface area contributed by atoms with Gasteiger partial charge in [0.15, 0.2) is 11.5 Å². The zero-order chi connectivity index (χ0) is 25.4. The molecule has 0 unspecified atom stereocenters. The first-order valence-electron chi connectivity index (χ1n) is 12.5. The zero-order valence-corrected chi connectivity index (χ0v) is 21.1. The molecule has 0 bridgehead atoms. The summed E-state index contributed by atoms with van der Waals surface area (Å²) in [5.74, 6) is 2.41. The highest BCUT2D eigenvalue weighted by Gasteiger charge is 2.25. The van der Waals surface area contributed by atoms with Crippen LogP contribution in [0.3, 0.4) is 0 Å². The van der Waals surface area contributed by atoms with E-state index in [0.717, 1.165) is 64.6 Å². The highest BCUT2D eigenvalue weighted by molar-refractivity contribution is 6.07. The Kier molecular flexibility index (Phi) is 6.14. The van der Waals surface area contributed by atoms with E-state index in [1.807, 2.05) is 66.4 Å². The Morgan fingerprint density at radius 2 is 1.78 bits per heavy atom. The first kappa shape index (κ1) is 23.3. The standard InChI is InChI=1S/C30H29N3O4/c1-20-6-8-26-24(14-20)25(17-27(31-26)22-4-3-5-23(16-22)35-2)30(34)33-12-10-32(11-13-33)18-21-7-9-28-29(15-21)37-19-36-28/h3-9,14-17H,10-13,18-19H2,1-2H3. The van der Waals surface area contributed by atoms with Crippen LogP contribution in [0.15, 0.2) is 66.7 Å². The van der Waals surface area contributed by atoms with E-state index in [1.54, 1.807) is 7.11 Å². The molecule has 0 atom stereocenters. The van der Waals surface area contributed by atoms with E-state index in [4.69, 9.17) is 19.2 Å². The van der Waals surface area contributed by atoms with Crippen molar-refractivity contribution in [2.45, 2.75) is 13.5 Å². The molecule has 188 valence electrons. The number of benzene rings is 3. The summed E-state index contributed by atoms with van der Waals surface area (Å²) in [5.41, 5.74) is 5.48. The lowest BCUT2D eigenvalue weighted by Crippen LogP contribution is -2.48. The average Bonchev–Trinajstić information content (AvgIpc) is 3.40. The highest BCUT2D eigenvalue weighted by atomic mass is 16.7. The van der Waals surface area contributed by atoms with E-state index >= 15 is 0 Å². The lowest BCUT2D eigenvalue weighted by atomic mass is 10.0. The zero-order valence-electron chi connectivity index (χ0n) is 21.1. The van der Waals surface area contributed by atoms with Crippen molar-refractivity contribution in [1.29, 1.82) is 0 Å². The summed E-state index contributed by atoms with van der Waals surface area (Å²) >= 11 is 0. The third-order valence-corrected chi connectivity index (χ3v) is 7.06. The van der Waals surface area contributed by atoms with Crippen molar-refractivity contribution in [1.82, 2.24) is 14.8 Å². The average molecular weight is 496 g/mol. The van der Waals surface area contributed by atoms with Crippen LogP contribution in [0.5, 0.6) is 17.2 Å². The van der Waals surface area contributed by atoms with Gasteiger partial charge in [-0.15, -0.1) is 0 Å². The third-order valence-electron chi connectivity index (χ3n) is 7.06. The minimum atomic E-state index is 0.0462. The van der Waals surface area contributed by atoms with E-state index in [2.05, 4.69) is 17.0 Å². The molecular weight excluding hydrogens is 466 g/mol. The highest BCUT2D eigenvalue weighted by Crippen LogP contribution is 2.33. The Labute approximate surface area is 216 Å². The van der Waals surface area contributed by atoms with Crippen LogP contribution in [0.4, 0.5) is 0 Å². The molecule has 4 aromatic rings. The van der Waals surface area contributed by atoms with Gasteiger partial charge in [-0.1, -0.05) is 29.8 Å². The summed E-state index contributed by atoms with van der Waals surface area (Å²) in [4.78, 5) is 23.1. The first-order chi connectivity index (χ1) is 18.1. The second kappa shape index (κ2) is 9.75. The minimum Gasteiger partial charge on any atom is -0.497 e. The molecule has 1 amide bonds. The van der Waals surface area contributed by atoms with Gasteiger partial charge in [-0.2, -0.15) is 0 Å². The fourth-order valence-corrected chi connectivity index (χ4v) is 5.02. The second-order valence-corrected chi connectivity index (χ2v) is 9.56. The number of aromatic nitrogens is 1. The molecule has 0 saturated carbocycles. The van der Waals surface area contributed by atoms with Gasteiger partial charge in [0.1, 0.15) is 5.75 Å². The van der Waals surface area contributed by atoms with Crippen molar-refractivity contribution in [2.75, 3.05) is 40.1 Å². The lowest BCUT2D eigenvalue weighted by Gasteiger charge is -2.35. The smallest absolute Gasteiger partial charge is 0.254 e. The molecule has 0 N–H and O–H groups in total. The van der Waals surface area contributed by atoms with Gasteiger partial charge in [-0.25, -0.2) is 4.98 Å². The van der Waals surface area contributed by atoms with Gasteiger partial charge in [0, 0.05) is 43.7 Å². The topological polar surface area (TPSA) is 64.1 Å². The van der Waals surface area contributed by atoms with Crippen molar-refractivity contribution in [3.05, 3.63) is 83.4 Å². The van der Waals surface area contributed by atoms with E-state index in [1.165, 1.54) is 5.56 Å². The molecule has 2 aliphatic rings. The fourth-order valence-electron chi connectivity index (χ4n) is 5.02. The molecule has 3 heterocycles. The molecule has 6 rings (SSSR count). The Morgan fingerprint density at radius 3 is 2.62 bits per heavy atom. The number of pyridine rings is 1. The Hall–Kier alpha value is -4.10. The summed E-state index contributed by atoms with van der Waals surface area (Å²) < 4.78 is 16.3. The molecule has 1 aromatic heterocycles. The van der Waals surface area contributed by atoms with E-state index in [-0.39, 0.29) is 12.7 Å². The predicted molar refractivity (Wildman–Crippen MR) is 142 cm³/mol. The van der Waals surface area contributed by atoms with Crippen molar-refractivity contribution in [2.24, 2.45) is 0 Å². The second-order valence-electron chi connectivity index (χ2n) is 9.56. The van der Waals surface area contributed by atoms with E-state index < -0.39 is 0 Å². The van der Waals surface area contributed by atoms with Crippen LogP contribution < -0.4 is 14.2 Å². The summed E-state index contributed by atoms with van der Waals surface area (Å²) in [5, 5.41) is 0.888. The number of rotatable bonds is 5. The van der Waals surface area contributed by atoms with Crippen molar-refractivity contribution in [3.63, 3.8) is 0 Å². The van der Waals surface area contributed by atoms with Crippen LogP contribution >= 0.6 is 0 Å². The number of piperazine rings is 1. The van der Waals surface area contributed by atoms with Gasteiger partial charge in [-0.05, 0) is 55.0 Å². The lowest BCUT2D eigenvalue weighted by molar-refractivity contribution is 0.0630. The first-order valence-corrected chi connectivity index (χ1v) is 12.5. The summed E-state index contributed by atoms with van der Waals surface area (Å²) in [7, 11) is 1.65. The van der Waals surface area contributed by atoms with Crippen molar-refractivity contribution in [3.8, 4) is 28.5 Å². The molecule has 1 fully saturated rings. The van der Waals surface area contributed by atoms with Gasteiger partial charge >= 0.3 is 0 Å². The van der Waals surface area contributed by atoms with Crippen LogP contribution in [0, 0.1) is 6.92 Å². The molecule has 37 heavy (non-hydrogen) atoms. The number of ether oxygens (including phenoxy) is 3. The van der Waals surface area contributed by atoms with Crippen molar-refractivity contribution >= 4 is 16.8 Å². The van der Waals surface area contributed by atoms with E-state index in [0.29, 0.717) is 18.7 Å². The number of carbonyl (C=O) groups excluding carboxylic acids is 1. The van der Waals surface area contributed by atoms with Crippen LogP contribution in [-0.2, 0) is 6.54 Å². The minimum absolute atomic E-state index is 0.0462. The quantitative estimate of drug-likeness (QED) is 0.392. The predicted octanol–water partition coefficient (Wildman–Crippen LogP) is 4.91. The van der Waals surface area contributed by atoms with E-state index in [9.17, 15) is 4.79 Å². The molecule has 7 nitrogen and oxygen atoms in total. The van der Waals surface area contributed by atoms with Crippen LogP contribution in [0.25, 0.3) is 22.2 Å². The van der Waals surface area contributed by atoms with Gasteiger partial charge < -0.3 is 19.1 Å². The van der Waals surface area contributed by atoms with Crippen LogP contribution in [0.2, 0.25) is 0 Å². The summed E-state index contributed by atoms with van der Waals surface area (Å²) in [6.45, 7) is 6.11. The van der Waals surface area contributed by atoms with Crippen molar-refractivity contribution < 1.29 is 19.0 Å². The number of hydrogen-bond acceptors (Lipinski definition) is 6. The van der Waals surface area contributed by atoms with Gasteiger partial charge in [-0.3, -0.25) is 9.69 Å². The molecule has 7 heteroatoms. The number of fused-ring (bicyclic) bond motifs is 2. The van der Waals surface area contributed by atoms with Gasteiger partial charge in [0.2, 0.25) is 6.79 Å². The maximum Gasteiger partial charge on any atom is 0.254 e. The molecule has 2 aliphatic heterocycles.